The standard InChI is InChI=1S/C18H19N3O2/c1-13-7-8-14(10-19-13)9-17(22)18(2,23)12-21-11-15-5-3-4-6-16(15)20-21/h3-8,10-11,23H,9,12H2,1-2H3/p+1/t18-/m0/s1. The molecule has 0 aliphatic heterocycles. The second kappa shape index (κ2) is 5.93. The van der Waals surface area contributed by atoms with Crippen LogP contribution in [0.15, 0.2) is 48.8 Å². The average molecular weight is 310 g/mol. The molecule has 0 radical (unpaired) electrons. The number of hydrogen-bond acceptors (Lipinski definition) is 3. The molecule has 23 heavy (non-hydrogen) atoms. The number of aryl methyl sites for hydroxylation is 1. The number of aliphatic hydroxyl groups is 1. The molecule has 0 saturated carbocycles. The minimum absolute atomic E-state index is 0.168. The molecule has 1 aromatic carbocycles. The summed E-state index contributed by atoms with van der Waals surface area (Å²) in [4.78, 5) is 16.6. The second-order valence-electron chi connectivity index (χ2n) is 6.14. The molecule has 5 heteroatoms. The summed E-state index contributed by atoms with van der Waals surface area (Å²) in [5.41, 5.74) is 1.23. The monoisotopic (exact) mass is 310 g/mol. The summed E-state index contributed by atoms with van der Waals surface area (Å²) in [7, 11) is 0. The molecule has 3 aromatic rings. The second-order valence-corrected chi connectivity index (χ2v) is 6.14. The van der Waals surface area contributed by atoms with Gasteiger partial charge >= 0.3 is 0 Å². The number of pyridine rings is 1. The molecule has 0 aliphatic rings. The molecule has 0 spiro atoms. The van der Waals surface area contributed by atoms with E-state index in [1.165, 1.54) is 0 Å². The van der Waals surface area contributed by atoms with Crippen LogP contribution in [0.4, 0.5) is 0 Å². The van der Waals surface area contributed by atoms with Crippen molar-refractivity contribution >= 4 is 16.7 Å². The first-order valence-electron chi connectivity index (χ1n) is 7.58. The van der Waals surface area contributed by atoms with Crippen molar-refractivity contribution in [3.8, 4) is 0 Å². The van der Waals surface area contributed by atoms with Crippen LogP contribution in [-0.2, 0) is 17.8 Å². The van der Waals surface area contributed by atoms with Crippen molar-refractivity contribution in [3.63, 3.8) is 0 Å². The van der Waals surface area contributed by atoms with Crippen LogP contribution in [0, 0.1) is 6.92 Å². The Labute approximate surface area is 134 Å². The van der Waals surface area contributed by atoms with E-state index in [9.17, 15) is 9.90 Å². The predicted molar refractivity (Wildman–Crippen MR) is 86.8 cm³/mol. The van der Waals surface area contributed by atoms with E-state index in [0.717, 1.165) is 22.2 Å². The molecule has 1 atom stereocenters. The van der Waals surface area contributed by atoms with Crippen molar-refractivity contribution in [1.82, 2.24) is 10.1 Å². The first-order chi connectivity index (χ1) is 10.9. The van der Waals surface area contributed by atoms with Crippen molar-refractivity contribution in [2.24, 2.45) is 0 Å². The molecule has 0 fully saturated rings. The molecule has 118 valence electrons. The zero-order valence-corrected chi connectivity index (χ0v) is 13.3. The molecule has 0 aliphatic carbocycles. The quantitative estimate of drug-likeness (QED) is 0.705. The van der Waals surface area contributed by atoms with Gasteiger partial charge in [0.1, 0.15) is 5.52 Å². The smallest absolute Gasteiger partial charge is 0.207 e. The summed E-state index contributed by atoms with van der Waals surface area (Å²) in [6, 6.07) is 11.6. The minimum Gasteiger partial charge on any atom is -0.376 e. The van der Waals surface area contributed by atoms with E-state index in [2.05, 4.69) is 10.1 Å². The molecule has 2 aromatic heterocycles. The van der Waals surface area contributed by atoms with Gasteiger partial charge in [-0.2, -0.15) is 5.10 Å². The van der Waals surface area contributed by atoms with E-state index >= 15 is 0 Å². The predicted octanol–water partition coefficient (Wildman–Crippen LogP) is 1.72. The number of carbonyl (C=O) groups is 1. The van der Waals surface area contributed by atoms with Gasteiger partial charge in [-0.3, -0.25) is 9.78 Å². The van der Waals surface area contributed by atoms with Crippen molar-refractivity contribution in [2.75, 3.05) is 0 Å². The Bertz CT molecular complexity index is 802. The van der Waals surface area contributed by atoms with Gasteiger partial charge in [0.05, 0.1) is 5.39 Å². The van der Waals surface area contributed by atoms with Gasteiger partial charge in [-0.25, -0.2) is 0 Å². The van der Waals surface area contributed by atoms with Crippen LogP contribution in [0.1, 0.15) is 18.2 Å². The number of benzene rings is 1. The SMILES string of the molecule is Cc1ccc(CC(=O)[C@@](C)(O)C[n+]2cc3ccccc3[nH]2)cn1. The maximum atomic E-state index is 12.4. The summed E-state index contributed by atoms with van der Waals surface area (Å²) >= 11 is 0. The van der Waals surface area contributed by atoms with Crippen molar-refractivity contribution in [2.45, 2.75) is 32.4 Å². The highest BCUT2D eigenvalue weighted by Gasteiger charge is 2.35. The van der Waals surface area contributed by atoms with E-state index in [1.54, 1.807) is 17.8 Å². The summed E-state index contributed by atoms with van der Waals surface area (Å²) in [5, 5.41) is 14.8. The van der Waals surface area contributed by atoms with E-state index in [0.29, 0.717) is 0 Å². The number of Topliss-reactive ketones (excluding diaryl/α,β-unsaturated/α-hetero) is 1. The number of nitrogens with zero attached hydrogens (tertiary/aromatic N) is 2. The number of ketones is 1. The molecule has 2 heterocycles. The lowest BCUT2D eigenvalue weighted by atomic mass is 9.95. The van der Waals surface area contributed by atoms with Gasteiger partial charge in [-0.1, -0.05) is 18.2 Å². The topological polar surface area (TPSA) is 69.9 Å². The lowest BCUT2D eigenvalue weighted by Crippen LogP contribution is -2.52. The number of aromatic amines is 1. The van der Waals surface area contributed by atoms with Gasteiger partial charge in [0, 0.05) is 18.3 Å². The molecule has 0 unspecified atom stereocenters. The van der Waals surface area contributed by atoms with Crippen molar-refractivity contribution in [1.29, 1.82) is 0 Å². The number of para-hydroxylation sites is 1. The van der Waals surface area contributed by atoms with E-state index in [1.807, 2.05) is 49.5 Å². The Hall–Kier alpha value is -2.53. The highest BCUT2D eigenvalue weighted by Crippen LogP contribution is 2.13. The highest BCUT2D eigenvalue weighted by molar-refractivity contribution is 5.88. The van der Waals surface area contributed by atoms with Crippen LogP contribution in [-0.4, -0.2) is 26.6 Å². The molecule has 0 saturated heterocycles. The van der Waals surface area contributed by atoms with Crippen LogP contribution < -0.4 is 4.68 Å². The lowest BCUT2D eigenvalue weighted by molar-refractivity contribution is -0.756. The van der Waals surface area contributed by atoms with Gasteiger partial charge < -0.3 is 5.11 Å². The molecule has 0 amide bonds. The Morgan fingerprint density at radius 2 is 2.09 bits per heavy atom. The minimum atomic E-state index is -1.45. The zero-order chi connectivity index (χ0) is 16.4. The summed E-state index contributed by atoms with van der Waals surface area (Å²) in [6.45, 7) is 3.63. The van der Waals surface area contributed by atoms with Crippen LogP contribution in [0.3, 0.4) is 0 Å². The summed E-state index contributed by atoms with van der Waals surface area (Å²) in [6.07, 6.45) is 3.74. The zero-order valence-electron chi connectivity index (χ0n) is 13.3. The molecule has 2 N–H and O–H groups in total. The van der Waals surface area contributed by atoms with Crippen LogP contribution in [0.5, 0.6) is 0 Å². The van der Waals surface area contributed by atoms with Crippen LogP contribution in [0.2, 0.25) is 0 Å². The Morgan fingerprint density at radius 1 is 1.30 bits per heavy atom. The summed E-state index contributed by atoms with van der Waals surface area (Å²) in [5.74, 6) is -0.227. The normalized spacial score (nSPS) is 13.9. The number of rotatable bonds is 5. The maximum Gasteiger partial charge on any atom is 0.207 e. The van der Waals surface area contributed by atoms with Gasteiger partial charge in [0.2, 0.25) is 12.7 Å². The number of carbonyl (C=O) groups excluding carboxylic acids is 1. The van der Waals surface area contributed by atoms with Gasteiger partial charge in [-0.05, 0) is 37.6 Å². The van der Waals surface area contributed by atoms with Gasteiger partial charge in [-0.15, -0.1) is 4.68 Å². The van der Waals surface area contributed by atoms with E-state index < -0.39 is 5.60 Å². The first kappa shape index (κ1) is 15.4. The third-order valence-corrected chi connectivity index (χ3v) is 3.94. The largest absolute Gasteiger partial charge is 0.376 e. The Kier molecular flexibility index (Phi) is 3.96. The van der Waals surface area contributed by atoms with Crippen molar-refractivity contribution in [3.05, 3.63) is 60.0 Å². The van der Waals surface area contributed by atoms with E-state index in [4.69, 9.17) is 0 Å². The third-order valence-electron chi connectivity index (χ3n) is 3.94. The average Bonchev–Trinajstić information content (AvgIpc) is 2.90. The van der Waals surface area contributed by atoms with Gasteiger partial charge in [0.25, 0.3) is 0 Å². The number of fused-ring (bicyclic) bond motifs is 1. The molecule has 0 bridgehead atoms. The van der Waals surface area contributed by atoms with Crippen LogP contribution >= 0.6 is 0 Å². The number of H-pyrrole nitrogens is 1. The van der Waals surface area contributed by atoms with Gasteiger partial charge in [0.15, 0.2) is 11.4 Å². The first-order valence-corrected chi connectivity index (χ1v) is 7.58. The summed E-state index contributed by atoms with van der Waals surface area (Å²) < 4.78 is 1.75. The number of hydrogen-bond donors (Lipinski definition) is 2. The lowest BCUT2D eigenvalue weighted by Gasteiger charge is -2.17. The molecular formula is C18H20N3O2+. The maximum absolute atomic E-state index is 12.4. The fourth-order valence-electron chi connectivity index (χ4n) is 2.55. The number of nitrogens with one attached hydrogen (secondary N) is 1. The van der Waals surface area contributed by atoms with Crippen LogP contribution in [0.25, 0.3) is 10.9 Å². The number of aromatic nitrogens is 3. The molecular weight excluding hydrogens is 290 g/mol. The van der Waals surface area contributed by atoms with Crippen molar-refractivity contribution < 1.29 is 14.6 Å². The Morgan fingerprint density at radius 3 is 2.78 bits per heavy atom. The molecule has 3 rings (SSSR count). The van der Waals surface area contributed by atoms with E-state index in [-0.39, 0.29) is 18.7 Å². The Balaban J connectivity index is 1.74. The fourth-order valence-corrected chi connectivity index (χ4v) is 2.55. The third kappa shape index (κ3) is 3.46. The fraction of sp³-hybridized carbons (Fsp3) is 0.278. The molecule has 5 nitrogen and oxygen atoms in total. The highest BCUT2D eigenvalue weighted by atomic mass is 16.3.